The van der Waals surface area contributed by atoms with Crippen molar-refractivity contribution in [2.24, 2.45) is 0 Å². The van der Waals surface area contributed by atoms with E-state index in [0.29, 0.717) is 26.2 Å². The number of hydrogen-bond acceptors (Lipinski definition) is 3. The van der Waals surface area contributed by atoms with E-state index in [-0.39, 0.29) is 31.2 Å². The minimum atomic E-state index is -4.64. The molecule has 1 aliphatic heterocycles. The third-order valence-corrected chi connectivity index (χ3v) is 3.57. The molecule has 9 heteroatoms. The van der Waals surface area contributed by atoms with Crippen molar-refractivity contribution < 1.29 is 17.6 Å². The Hall–Kier alpha value is -1.07. The zero-order valence-corrected chi connectivity index (χ0v) is 13.7. The van der Waals surface area contributed by atoms with E-state index in [2.05, 4.69) is 5.32 Å². The Balaban J connectivity index is 0.00000242. The van der Waals surface area contributed by atoms with Crippen molar-refractivity contribution in [3.8, 4) is 6.07 Å². The van der Waals surface area contributed by atoms with Crippen LogP contribution in [0.2, 0.25) is 0 Å². The molecule has 3 nitrogen and oxygen atoms in total. The highest BCUT2D eigenvalue weighted by molar-refractivity contribution is 5.85. The fourth-order valence-corrected chi connectivity index (χ4v) is 2.62. The van der Waals surface area contributed by atoms with Crippen molar-refractivity contribution in [3.05, 3.63) is 35.1 Å². The molecule has 1 aromatic carbocycles. The molecule has 130 valence electrons. The van der Waals surface area contributed by atoms with E-state index in [0.717, 1.165) is 18.2 Å². The lowest BCUT2D eigenvalue weighted by atomic mass is 9.95. The normalized spacial score (nSPS) is 16.7. The monoisotopic (exact) mass is 373 g/mol. The maximum absolute atomic E-state index is 14.1. The molecule has 0 saturated carbocycles. The third kappa shape index (κ3) is 5.21. The molecular weight excluding hydrogens is 357 g/mol. The molecule has 0 aromatic heterocycles. The van der Waals surface area contributed by atoms with Gasteiger partial charge in [0.1, 0.15) is 5.82 Å². The summed E-state index contributed by atoms with van der Waals surface area (Å²) in [5, 5.41) is 12.0. The van der Waals surface area contributed by atoms with E-state index >= 15 is 0 Å². The smallest absolute Gasteiger partial charge is 0.314 e. The molecule has 1 atom stereocenters. The summed E-state index contributed by atoms with van der Waals surface area (Å²) in [6.07, 6.45) is -4.82. The summed E-state index contributed by atoms with van der Waals surface area (Å²) >= 11 is 0. The van der Waals surface area contributed by atoms with E-state index in [4.69, 9.17) is 5.26 Å². The van der Waals surface area contributed by atoms with Crippen molar-refractivity contribution in [1.82, 2.24) is 10.2 Å². The third-order valence-electron chi connectivity index (χ3n) is 3.57. The Morgan fingerprint density at radius 3 is 2.35 bits per heavy atom. The Kier molecular flexibility index (Phi) is 8.85. The van der Waals surface area contributed by atoms with Crippen molar-refractivity contribution in [3.63, 3.8) is 0 Å². The molecular formula is C14H17Cl2F4N3. The van der Waals surface area contributed by atoms with Gasteiger partial charge >= 0.3 is 6.18 Å². The van der Waals surface area contributed by atoms with Crippen LogP contribution in [0, 0.1) is 17.1 Å². The average molecular weight is 374 g/mol. The van der Waals surface area contributed by atoms with Crippen molar-refractivity contribution >= 4 is 24.8 Å². The Morgan fingerprint density at radius 2 is 1.83 bits per heavy atom. The van der Waals surface area contributed by atoms with Gasteiger partial charge in [0, 0.05) is 31.7 Å². The number of rotatable bonds is 3. The van der Waals surface area contributed by atoms with Gasteiger partial charge in [-0.2, -0.15) is 18.4 Å². The van der Waals surface area contributed by atoms with Crippen LogP contribution >= 0.6 is 24.8 Å². The summed E-state index contributed by atoms with van der Waals surface area (Å²) in [5.74, 6) is -0.913. The number of piperazine rings is 1. The number of benzene rings is 1. The first kappa shape index (κ1) is 21.9. The summed E-state index contributed by atoms with van der Waals surface area (Å²) in [6, 6.07) is 3.92. The van der Waals surface area contributed by atoms with Crippen molar-refractivity contribution in [1.29, 1.82) is 5.26 Å². The summed E-state index contributed by atoms with van der Waals surface area (Å²) in [6.45, 7) is 2.19. The van der Waals surface area contributed by atoms with Gasteiger partial charge in [-0.3, -0.25) is 4.90 Å². The van der Waals surface area contributed by atoms with Crippen LogP contribution in [0.25, 0.3) is 0 Å². The highest BCUT2D eigenvalue weighted by Crippen LogP contribution is 2.38. The summed E-state index contributed by atoms with van der Waals surface area (Å²) in [4.78, 5) is 1.73. The minimum Gasteiger partial charge on any atom is -0.314 e. The zero-order chi connectivity index (χ0) is 15.5. The second-order valence-corrected chi connectivity index (χ2v) is 4.86. The Morgan fingerprint density at radius 1 is 1.22 bits per heavy atom. The lowest BCUT2D eigenvalue weighted by molar-refractivity contribution is -0.139. The number of hydrogen-bond donors (Lipinski definition) is 1. The number of nitriles is 1. The van der Waals surface area contributed by atoms with Gasteiger partial charge < -0.3 is 5.32 Å². The number of nitrogens with zero attached hydrogens (tertiary/aromatic N) is 2. The second kappa shape index (κ2) is 9.28. The molecule has 0 unspecified atom stereocenters. The standard InChI is InChI=1S/C14H15F4N3.2ClH/c15-11-3-1-2-10(14(16,17)18)13(11)12(4-5-19)21-8-6-20-7-9-21;;/h1-3,12,20H,4,6-9H2;2*1H/t12-;;/m0../s1. The molecule has 1 heterocycles. The predicted octanol–water partition coefficient (Wildman–Crippen LogP) is 3.55. The maximum atomic E-state index is 14.1. The molecule has 23 heavy (non-hydrogen) atoms. The summed E-state index contributed by atoms with van der Waals surface area (Å²) < 4.78 is 53.4. The number of alkyl halides is 3. The first-order valence-corrected chi connectivity index (χ1v) is 6.62. The molecule has 1 N–H and O–H groups in total. The van der Waals surface area contributed by atoms with Gasteiger partial charge in [0.15, 0.2) is 0 Å². The van der Waals surface area contributed by atoms with Gasteiger partial charge in [-0.05, 0) is 12.1 Å². The fourth-order valence-electron chi connectivity index (χ4n) is 2.62. The van der Waals surface area contributed by atoms with E-state index in [1.54, 1.807) is 4.90 Å². The predicted molar refractivity (Wildman–Crippen MR) is 83.3 cm³/mol. The minimum absolute atomic E-state index is 0. The fraction of sp³-hybridized carbons (Fsp3) is 0.500. The van der Waals surface area contributed by atoms with Gasteiger partial charge in [-0.15, -0.1) is 24.8 Å². The van der Waals surface area contributed by atoms with Crippen LogP contribution in [0.5, 0.6) is 0 Å². The Bertz CT molecular complexity index is 540. The van der Waals surface area contributed by atoms with Crippen molar-refractivity contribution in [2.45, 2.75) is 18.6 Å². The molecule has 2 rings (SSSR count). The highest BCUT2D eigenvalue weighted by Gasteiger charge is 2.38. The number of halogens is 6. The number of nitrogens with one attached hydrogen (secondary N) is 1. The van der Waals surface area contributed by atoms with Gasteiger partial charge in [0.2, 0.25) is 0 Å². The van der Waals surface area contributed by atoms with Gasteiger partial charge in [0.05, 0.1) is 24.1 Å². The quantitative estimate of drug-likeness (QED) is 0.823. The van der Waals surface area contributed by atoms with Crippen LogP contribution in [0.1, 0.15) is 23.6 Å². The summed E-state index contributed by atoms with van der Waals surface area (Å²) in [5.41, 5.74) is -1.42. The van der Waals surface area contributed by atoms with Crippen LogP contribution in [0.15, 0.2) is 18.2 Å². The topological polar surface area (TPSA) is 39.1 Å². The van der Waals surface area contributed by atoms with Crippen LogP contribution in [-0.2, 0) is 6.18 Å². The highest BCUT2D eigenvalue weighted by atomic mass is 35.5. The first-order valence-electron chi connectivity index (χ1n) is 6.62. The average Bonchev–Trinajstić information content (AvgIpc) is 2.45. The summed E-state index contributed by atoms with van der Waals surface area (Å²) in [7, 11) is 0. The molecule has 0 bridgehead atoms. The lowest BCUT2D eigenvalue weighted by Gasteiger charge is -2.35. The van der Waals surface area contributed by atoms with Crippen molar-refractivity contribution in [2.75, 3.05) is 26.2 Å². The second-order valence-electron chi connectivity index (χ2n) is 4.86. The van der Waals surface area contributed by atoms with Crippen LogP contribution < -0.4 is 5.32 Å². The molecule has 1 aliphatic rings. The SMILES string of the molecule is Cl.Cl.N#CC[C@@H](c1c(F)cccc1C(F)(F)F)N1CCNCC1. The molecule has 0 aliphatic carbocycles. The molecule has 1 fully saturated rings. The van der Waals surface area contributed by atoms with E-state index in [1.807, 2.05) is 6.07 Å². The van der Waals surface area contributed by atoms with Gasteiger partial charge in [0.25, 0.3) is 0 Å². The maximum Gasteiger partial charge on any atom is 0.416 e. The molecule has 0 spiro atoms. The lowest BCUT2D eigenvalue weighted by Crippen LogP contribution is -2.45. The van der Waals surface area contributed by atoms with Crippen LogP contribution in [-0.4, -0.2) is 31.1 Å². The van der Waals surface area contributed by atoms with Crippen LogP contribution in [0.3, 0.4) is 0 Å². The van der Waals surface area contributed by atoms with E-state index in [1.165, 1.54) is 0 Å². The largest absolute Gasteiger partial charge is 0.416 e. The van der Waals surface area contributed by atoms with E-state index < -0.39 is 29.2 Å². The van der Waals surface area contributed by atoms with Gasteiger partial charge in [-0.1, -0.05) is 6.07 Å². The molecule has 1 aromatic rings. The first-order chi connectivity index (χ1) is 9.95. The van der Waals surface area contributed by atoms with Crippen LogP contribution in [0.4, 0.5) is 17.6 Å². The molecule has 0 radical (unpaired) electrons. The zero-order valence-electron chi connectivity index (χ0n) is 12.1. The van der Waals surface area contributed by atoms with Gasteiger partial charge in [-0.25, -0.2) is 4.39 Å². The molecule has 0 amide bonds. The Labute approximate surface area is 144 Å². The molecule has 1 saturated heterocycles. The van der Waals surface area contributed by atoms with E-state index in [9.17, 15) is 17.6 Å².